The van der Waals surface area contributed by atoms with Gasteiger partial charge in [0, 0.05) is 5.56 Å². The third-order valence-corrected chi connectivity index (χ3v) is 3.84. The summed E-state index contributed by atoms with van der Waals surface area (Å²) < 4.78 is 5.23. The van der Waals surface area contributed by atoms with Crippen LogP contribution in [0.2, 0.25) is 0 Å². The summed E-state index contributed by atoms with van der Waals surface area (Å²) in [5, 5.41) is 0. The van der Waals surface area contributed by atoms with Crippen LogP contribution in [0.15, 0.2) is 54.6 Å². The zero-order valence-corrected chi connectivity index (χ0v) is 13.1. The van der Waals surface area contributed by atoms with E-state index in [-0.39, 0.29) is 13.1 Å². The highest BCUT2D eigenvalue weighted by molar-refractivity contribution is 6.44. The van der Waals surface area contributed by atoms with Crippen molar-refractivity contribution in [1.82, 2.24) is 9.80 Å². The fraction of sp³-hybridized carbons (Fsp3) is 0.167. The highest BCUT2D eigenvalue weighted by Crippen LogP contribution is 2.23. The molecule has 0 bridgehead atoms. The summed E-state index contributed by atoms with van der Waals surface area (Å²) in [6, 6.07) is 15.5. The van der Waals surface area contributed by atoms with E-state index in [4.69, 9.17) is 4.74 Å². The molecular weight excluding hydrogens is 308 g/mol. The zero-order chi connectivity index (χ0) is 17.1. The van der Waals surface area contributed by atoms with Crippen LogP contribution in [0.1, 0.15) is 11.1 Å². The molecule has 0 aliphatic carbocycles. The Bertz CT molecular complexity index is 789. The molecule has 2 aromatic rings. The summed E-state index contributed by atoms with van der Waals surface area (Å²) >= 11 is 0. The van der Waals surface area contributed by atoms with E-state index < -0.39 is 17.8 Å². The smallest absolute Gasteiger partial charge is 0.334 e. The Morgan fingerprint density at radius 3 is 2.04 bits per heavy atom. The van der Waals surface area contributed by atoms with E-state index in [9.17, 15) is 14.4 Å². The standard InChI is InChI=1S/C18H16N2O4/c1-24-15-10-6-5-9-14(15)12-20-17(22)16(21)19(18(20)23)11-13-7-3-2-4-8-13/h2-10H,11-12H2,1H3. The van der Waals surface area contributed by atoms with Crippen molar-refractivity contribution in [2.45, 2.75) is 13.1 Å². The lowest BCUT2D eigenvalue weighted by Gasteiger charge is -2.17. The molecule has 0 spiro atoms. The van der Waals surface area contributed by atoms with Crippen LogP contribution >= 0.6 is 0 Å². The van der Waals surface area contributed by atoms with Gasteiger partial charge in [0.1, 0.15) is 5.75 Å². The molecule has 6 heteroatoms. The summed E-state index contributed by atoms with van der Waals surface area (Å²) in [5.41, 5.74) is 1.45. The number of nitrogens with zero attached hydrogens (tertiary/aromatic N) is 2. The third-order valence-electron chi connectivity index (χ3n) is 3.84. The van der Waals surface area contributed by atoms with E-state index in [0.717, 1.165) is 15.4 Å². The van der Waals surface area contributed by atoms with E-state index >= 15 is 0 Å². The number of hydrogen-bond acceptors (Lipinski definition) is 4. The molecule has 0 N–H and O–H groups in total. The predicted octanol–water partition coefficient (Wildman–Crippen LogP) is 2.19. The summed E-state index contributed by atoms with van der Waals surface area (Å²) in [4.78, 5) is 38.8. The van der Waals surface area contributed by atoms with Crippen molar-refractivity contribution < 1.29 is 19.1 Å². The molecule has 24 heavy (non-hydrogen) atoms. The van der Waals surface area contributed by atoms with Crippen LogP contribution in [0.3, 0.4) is 0 Å². The maximum absolute atomic E-state index is 12.5. The highest BCUT2D eigenvalue weighted by atomic mass is 16.5. The number of urea groups is 1. The number of carbonyl (C=O) groups excluding carboxylic acids is 3. The number of carbonyl (C=O) groups is 3. The van der Waals surface area contributed by atoms with Crippen LogP contribution in [0.25, 0.3) is 0 Å². The number of rotatable bonds is 5. The van der Waals surface area contributed by atoms with E-state index in [1.54, 1.807) is 36.4 Å². The van der Waals surface area contributed by atoms with Crippen LogP contribution in [0.4, 0.5) is 4.79 Å². The molecule has 1 heterocycles. The molecule has 1 fully saturated rings. The summed E-state index contributed by atoms with van der Waals surface area (Å²) in [6.45, 7) is 0.0748. The fourth-order valence-electron chi connectivity index (χ4n) is 2.60. The van der Waals surface area contributed by atoms with Crippen molar-refractivity contribution in [2.75, 3.05) is 7.11 Å². The first-order chi connectivity index (χ1) is 11.6. The van der Waals surface area contributed by atoms with Gasteiger partial charge < -0.3 is 4.74 Å². The minimum atomic E-state index is -0.818. The van der Waals surface area contributed by atoms with Crippen LogP contribution in [-0.2, 0) is 22.7 Å². The number of benzene rings is 2. The maximum Gasteiger partial charge on any atom is 0.334 e. The Morgan fingerprint density at radius 2 is 1.38 bits per heavy atom. The number of ether oxygens (including phenoxy) is 1. The molecule has 0 atom stereocenters. The molecule has 1 aliphatic rings. The molecule has 0 radical (unpaired) electrons. The van der Waals surface area contributed by atoms with Gasteiger partial charge in [0.05, 0.1) is 20.2 Å². The Kier molecular flexibility index (Phi) is 4.29. The van der Waals surface area contributed by atoms with Crippen molar-refractivity contribution in [3.8, 4) is 5.75 Å². The van der Waals surface area contributed by atoms with Gasteiger partial charge in [0.15, 0.2) is 0 Å². The number of amides is 4. The van der Waals surface area contributed by atoms with Gasteiger partial charge in [-0.15, -0.1) is 0 Å². The van der Waals surface area contributed by atoms with E-state index in [1.165, 1.54) is 7.11 Å². The second-order valence-corrected chi connectivity index (χ2v) is 5.36. The third kappa shape index (κ3) is 2.86. The largest absolute Gasteiger partial charge is 0.496 e. The summed E-state index contributed by atoms with van der Waals surface area (Å²) in [5.74, 6) is -1.06. The van der Waals surface area contributed by atoms with Gasteiger partial charge >= 0.3 is 17.8 Å². The Hall–Kier alpha value is -3.15. The normalized spacial score (nSPS) is 14.5. The molecule has 2 aromatic carbocycles. The monoisotopic (exact) mass is 324 g/mol. The van der Waals surface area contributed by atoms with Crippen LogP contribution < -0.4 is 4.74 Å². The first kappa shape index (κ1) is 15.7. The number of para-hydroxylation sites is 1. The second-order valence-electron chi connectivity index (χ2n) is 5.36. The van der Waals surface area contributed by atoms with E-state index in [1.807, 2.05) is 18.2 Å². The number of imide groups is 2. The lowest BCUT2D eigenvalue weighted by molar-refractivity contribution is -0.143. The predicted molar refractivity (Wildman–Crippen MR) is 85.9 cm³/mol. The zero-order valence-electron chi connectivity index (χ0n) is 13.1. The van der Waals surface area contributed by atoms with Crippen molar-refractivity contribution in [2.24, 2.45) is 0 Å². The van der Waals surface area contributed by atoms with E-state index in [2.05, 4.69) is 0 Å². The van der Waals surface area contributed by atoms with Gasteiger partial charge in [-0.05, 0) is 11.6 Å². The summed E-state index contributed by atoms with van der Waals surface area (Å²) in [6.07, 6.45) is 0. The van der Waals surface area contributed by atoms with Gasteiger partial charge in [-0.1, -0.05) is 48.5 Å². The van der Waals surface area contributed by atoms with Crippen LogP contribution in [-0.4, -0.2) is 34.8 Å². The average molecular weight is 324 g/mol. The average Bonchev–Trinajstić information content (AvgIpc) is 2.81. The Morgan fingerprint density at radius 1 is 0.792 bits per heavy atom. The maximum atomic E-state index is 12.5. The first-order valence-corrected chi connectivity index (χ1v) is 7.45. The highest BCUT2D eigenvalue weighted by Gasteiger charge is 2.44. The van der Waals surface area contributed by atoms with Gasteiger partial charge in [-0.25, -0.2) is 4.79 Å². The topological polar surface area (TPSA) is 66.9 Å². The van der Waals surface area contributed by atoms with Crippen LogP contribution in [0, 0.1) is 0 Å². The Balaban J connectivity index is 1.81. The van der Waals surface area contributed by atoms with Gasteiger partial charge in [-0.3, -0.25) is 19.4 Å². The quantitative estimate of drug-likeness (QED) is 0.624. The molecule has 122 valence electrons. The molecule has 6 nitrogen and oxygen atoms in total. The van der Waals surface area contributed by atoms with Crippen molar-refractivity contribution in [3.63, 3.8) is 0 Å². The second kappa shape index (κ2) is 6.54. The molecule has 0 aromatic heterocycles. The molecule has 0 saturated carbocycles. The minimum absolute atomic E-state index is 0.00128. The van der Waals surface area contributed by atoms with Crippen molar-refractivity contribution >= 4 is 17.8 Å². The lowest BCUT2D eigenvalue weighted by Crippen LogP contribution is -2.32. The number of hydrogen-bond donors (Lipinski definition) is 0. The molecule has 0 unspecified atom stereocenters. The van der Waals surface area contributed by atoms with Gasteiger partial charge in [0.25, 0.3) is 0 Å². The SMILES string of the molecule is COc1ccccc1CN1C(=O)C(=O)N(Cc2ccccc2)C1=O. The molecule has 1 aliphatic heterocycles. The van der Waals surface area contributed by atoms with Gasteiger partial charge in [-0.2, -0.15) is 0 Å². The molecular formula is C18H16N2O4. The van der Waals surface area contributed by atoms with Crippen molar-refractivity contribution in [1.29, 1.82) is 0 Å². The van der Waals surface area contributed by atoms with Gasteiger partial charge in [0.2, 0.25) is 0 Å². The minimum Gasteiger partial charge on any atom is -0.496 e. The lowest BCUT2D eigenvalue weighted by atomic mass is 10.2. The molecule has 1 saturated heterocycles. The van der Waals surface area contributed by atoms with Crippen molar-refractivity contribution in [3.05, 3.63) is 65.7 Å². The first-order valence-electron chi connectivity index (χ1n) is 7.45. The summed E-state index contributed by atoms with van der Waals surface area (Å²) in [7, 11) is 1.51. The molecule has 3 rings (SSSR count). The van der Waals surface area contributed by atoms with E-state index in [0.29, 0.717) is 11.3 Å². The van der Waals surface area contributed by atoms with Crippen LogP contribution in [0.5, 0.6) is 5.75 Å². The Labute approximate surface area is 139 Å². The molecule has 4 amide bonds. The fourth-order valence-corrected chi connectivity index (χ4v) is 2.60. The number of methoxy groups -OCH3 is 1.